The molecule has 0 spiro atoms. The summed E-state index contributed by atoms with van der Waals surface area (Å²) in [5, 5.41) is 3.24. The van der Waals surface area contributed by atoms with Gasteiger partial charge in [-0.05, 0) is 27.0 Å². The van der Waals surface area contributed by atoms with Crippen LogP contribution in [0.5, 0.6) is 5.75 Å². The van der Waals surface area contributed by atoms with E-state index in [-0.39, 0.29) is 6.04 Å². The number of rotatable bonds is 9. The van der Waals surface area contributed by atoms with Gasteiger partial charge in [0.05, 0.1) is 19.8 Å². The Balaban J connectivity index is 2.48. The van der Waals surface area contributed by atoms with Gasteiger partial charge in [-0.15, -0.1) is 0 Å². The van der Waals surface area contributed by atoms with Crippen molar-refractivity contribution in [3.05, 3.63) is 29.3 Å². The van der Waals surface area contributed by atoms with E-state index in [1.54, 1.807) is 7.11 Å². The quantitative estimate of drug-likeness (QED) is 0.697. The van der Waals surface area contributed by atoms with Crippen LogP contribution < -0.4 is 10.1 Å². The van der Waals surface area contributed by atoms with Crippen LogP contribution in [0.1, 0.15) is 24.1 Å². The van der Waals surface area contributed by atoms with E-state index in [1.807, 2.05) is 13.1 Å². The first-order chi connectivity index (χ1) is 9.19. The molecular weight excluding hydrogens is 242 g/mol. The van der Waals surface area contributed by atoms with Crippen molar-refractivity contribution in [1.82, 2.24) is 5.32 Å². The second kappa shape index (κ2) is 8.91. The second-order valence-corrected chi connectivity index (χ2v) is 4.51. The molecule has 4 nitrogen and oxygen atoms in total. The molecule has 19 heavy (non-hydrogen) atoms. The highest BCUT2D eigenvalue weighted by Gasteiger charge is 2.10. The van der Waals surface area contributed by atoms with E-state index in [2.05, 4.69) is 31.3 Å². The molecule has 1 aromatic rings. The molecular formula is C15H25NO3. The van der Waals surface area contributed by atoms with E-state index in [9.17, 15) is 0 Å². The van der Waals surface area contributed by atoms with Crippen LogP contribution in [0, 0.1) is 6.92 Å². The summed E-state index contributed by atoms with van der Waals surface area (Å²) in [6, 6.07) is 6.51. The van der Waals surface area contributed by atoms with E-state index < -0.39 is 0 Å². The molecule has 1 atom stereocenters. The van der Waals surface area contributed by atoms with Crippen molar-refractivity contribution >= 4 is 0 Å². The highest BCUT2D eigenvalue weighted by Crippen LogP contribution is 2.26. The van der Waals surface area contributed by atoms with Gasteiger partial charge in [0, 0.05) is 18.7 Å². The van der Waals surface area contributed by atoms with E-state index >= 15 is 0 Å². The van der Waals surface area contributed by atoms with Gasteiger partial charge in [0.15, 0.2) is 0 Å². The van der Waals surface area contributed by atoms with Crippen LogP contribution in [-0.2, 0) is 9.47 Å². The standard InChI is InChI=1S/C15H25NO3/c1-12-5-6-15(14(11-12)13(2)16-3)19-10-9-18-8-7-17-4/h5-6,11,13,16H,7-10H2,1-4H3. The predicted molar refractivity (Wildman–Crippen MR) is 76.8 cm³/mol. The van der Waals surface area contributed by atoms with Crippen LogP contribution >= 0.6 is 0 Å². The summed E-state index contributed by atoms with van der Waals surface area (Å²) in [7, 11) is 3.61. The third-order valence-corrected chi connectivity index (χ3v) is 2.98. The van der Waals surface area contributed by atoms with Crippen LogP contribution in [0.4, 0.5) is 0 Å². The maximum Gasteiger partial charge on any atom is 0.124 e. The van der Waals surface area contributed by atoms with Crippen LogP contribution in [0.15, 0.2) is 18.2 Å². The van der Waals surface area contributed by atoms with Crippen molar-refractivity contribution in [1.29, 1.82) is 0 Å². The molecule has 0 fully saturated rings. The molecule has 0 bridgehead atoms. The fourth-order valence-electron chi connectivity index (χ4n) is 1.75. The molecule has 0 heterocycles. The summed E-state index contributed by atoms with van der Waals surface area (Å²) in [5.74, 6) is 0.919. The average Bonchev–Trinajstić information content (AvgIpc) is 2.43. The Hall–Kier alpha value is -1.10. The van der Waals surface area contributed by atoms with Crippen molar-refractivity contribution in [2.45, 2.75) is 19.9 Å². The predicted octanol–water partition coefficient (Wildman–Crippen LogP) is 2.32. The summed E-state index contributed by atoms with van der Waals surface area (Å²) in [6.07, 6.45) is 0. The zero-order valence-electron chi connectivity index (χ0n) is 12.4. The van der Waals surface area contributed by atoms with E-state index in [0.29, 0.717) is 26.4 Å². The lowest BCUT2D eigenvalue weighted by Crippen LogP contribution is -2.15. The normalized spacial score (nSPS) is 12.4. The SMILES string of the molecule is CNC(C)c1cc(C)ccc1OCCOCCOC. The Bertz CT molecular complexity index is 368. The summed E-state index contributed by atoms with van der Waals surface area (Å²) in [6.45, 7) is 6.56. The maximum absolute atomic E-state index is 5.79. The lowest BCUT2D eigenvalue weighted by Gasteiger charge is -2.17. The molecule has 108 valence electrons. The minimum absolute atomic E-state index is 0.268. The first-order valence-electron chi connectivity index (χ1n) is 6.66. The number of methoxy groups -OCH3 is 1. The lowest BCUT2D eigenvalue weighted by atomic mass is 10.0. The first-order valence-corrected chi connectivity index (χ1v) is 6.66. The van der Waals surface area contributed by atoms with Crippen LogP contribution in [-0.4, -0.2) is 40.6 Å². The van der Waals surface area contributed by atoms with Gasteiger partial charge in [0.2, 0.25) is 0 Å². The molecule has 0 aliphatic heterocycles. The molecule has 1 rings (SSSR count). The van der Waals surface area contributed by atoms with Crippen LogP contribution in [0.25, 0.3) is 0 Å². The van der Waals surface area contributed by atoms with Crippen molar-refractivity contribution < 1.29 is 14.2 Å². The summed E-state index contributed by atoms with van der Waals surface area (Å²) in [5.41, 5.74) is 2.42. The molecule has 0 amide bonds. The Morgan fingerprint density at radius 2 is 1.89 bits per heavy atom. The molecule has 4 heteroatoms. The summed E-state index contributed by atoms with van der Waals surface area (Å²) in [4.78, 5) is 0. The average molecular weight is 267 g/mol. The molecule has 0 aliphatic carbocycles. The smallest absolute Gasteiger partial charge is 0.124 e. The topological polar surface area (TPSA) is 39.7 Å². The second-order valence-electron chi connectivity index (χ2n) is 4.51. The van der Waals surface area contributed by atoms with E-state index in [1.165, 1.54) is 11.1 Å². The van der Waals surface area contributed by atoms with Crippen molar-refractivity contribution in [3.63, 3.8) is 0 Å². The first kappa shape index (κ1) is 16.0. The highest BCUT2D eigenvalue weighted by molar-refractivity contribution is 5.38. The van der Waals surface area contributed by atoms with Gasteiger partial charge in [-0.1, -0.05) is 17.7 Å². The van der Waals surface area contributed by atoms with Gasteiger partial charge < -0.3 is 19.5 Å². The number of aryl methyl sites for hydroxylation is 1. The maximum atomic E-state index is 5.79. The molecule has 0 saturated carbocycles. The van der Waals surface area contributed by atoms with Crippen LogP contribution in [0.3, 0.4) is 0 Å². The monoisotopic (exact) mass is 267 g/mol. The van der Waals surface area contributed by atoms with E-state index in [0.717, 1.165) is 5.75 Å². The Kier molecular flexibility index (Phi) is 7.48. The van der Waals surface area contributed by atoms with Gasteiger partial charge in [0.25, 0.3) is 0 Å². The molecule has 0 aromatic heterocycles. The van der Waals surface area contributed by atoms with Gasteiger partial charge in [-0.25, -0.2) is 0 Å². The number of nitrogens with one attached hydrogen (secondary N) is 1. The highest BCUT2D eigenvalue weighted by atomic mass is 16.5. The number of hydrogen-bond donors (Lipinski definition) is 1. The molecule has 1 unspecified atom stereocenters. The minimum Gasteiger partial charge on any atom is -0.491 e. The molecule has 1 N–H and O–H groups in total. The van der Waals surface area contributed by atoms with Crippen molar-refractivity contribution in [2.24, 2.45) is 0 Å². The lowest BCUT2D eigenvalue weighted by molar-refractivity contribution is 0.0542. The Labute approximate surface area is 116 Å². The number of hydrogen-bond acceptors (Lipinski definition) is 4. The van der Waals surface area contributed by atoms with Crippen molar-refractivity contribution in [2.75, 3.05) is 40.6 Å². The zero-order valence-corrected chi connectivity index (χ0v) is 12.4. The Morgan fingerprint density at radius 3 is 2.58 bits per heavy atom. The summed E-state index contributed by atoms with van der Waals surface area (Å²) < 4.78 is 16.1. The largest absolute Gasteiger partial charge is 0.491 e. The molecule has 0 aliphatic rings. The zero-order chi connectivity index (χ0) is 14.1. The number of ether oxygens (including phenoxy) is 3. The molecule has 1 aromatic carbocycles. The fraction of sp³-hybridized carbons (Fsp3) is 0.600. The summed E-state index contributed by atoms with van der Waals surface area (Å²) >= 11 is 0. The minimum atomic E-state index is 0.268. The number of benzene rings is 1. The van der Waals surface area contributed by atoms with Gasteiger partial charge in [-0.2, -0.15) is 0 Å². The third-order valence-electron chi connectivity index (χ3n) is 2.98. The van der Waals surface area contributed by atoms with Crippen LogP contribution in [0.2, 0.25) is 0 Å². The van der Waals surface area contributed by atoms with Crippen molar-refractivity contribution in [3.8, 4) is 5.75 Å². The van der Waals surface area contributed by atoms with Gasteiger partial charge in [0.1, 0.15) is 12.4 Å². The van der Waals surface area contributed by atoms with E-state index in [4.69, 9.17) is 14.2 Å². The van der Waals surface area contributed by atoms with Gasteiger partial charge >= 0.3 is 0 Å². The molecule has 0 saturated heterocycles. The Morgan fingerprint density at radius 1 is 1.16 bits per heavy atom. The fourth-order valence-corrected chi connectivity index (χ4v) is 1.75. The molecule has 0 radical (unpaired) electrons. The van der Waals surface area contributed by atoms with Gasteiger partial charge in [-0.3, -0.25) is 0 Å². The third kappa shape index (κ3) is 5.59.